The molecule has 1 aromatic heterocycles. The van der Waals surface area contributed by atoms with E-state index in [2.05, 4.69) is 142 Å². The van der Waals surface area contributed by atoms with Gasteiger partial charge in [-0.25, -0.2) is 9.98 Å². The van der Waals surface area contributed by atoms with Crippen LogP contribution in [0.2, 0.25) is 0 Å². The maximum absolute atomic E-state index is 5.76. The van der Waals surface area contributed by atoms with Gasteiger partial charge < -0.3 is 14.0 Å². The van der Waals surface area contributed by atoms with Crippen LogP contribution in [0.4, 0.5) is 0 Å². The summed E-state index contributed by atoms with van der Waals surface area (Å²) in [5.41, 5.74) is 10.2. The maximum atomic E-state index is 5.76. The van der Waals surface area contributed by atoms with E-state index in [1.165, 1.54) is 38.1 Å². The van der Waals surface area contributed by atoms with Crippen molar-refractivity contribution in [3.63, 3.8) is 0 Å². The number of aliphatic imine (C=N–C) groups is 2. The number of para-hydroxylation sites is 1. The van der Waals surface area contributed by atoms with Crippen molar-refractivity contribution in [3.8, 4) is 27.9 Å². The Labute approximate surface area is 260 Å². The summed E-state index contributed by atoms with van der Waals surface area (Å²) in [7, 11) is 0. The molecular formula is C40H29N3O2. The van der Waals surface area contributed by atoms with Crippen molar-refractivity contribution in [1.29, 1.82) is 0 Å². The van der Waals surface area contributed by atoms with E-state index in [1.807, 2.05) is 0 Å². The monoisotopic (exact) mass is 583 g/mol. The van der Waals surface area contributed by atoms with Crippen molar-refractivity contribution in [2.45, 2.75) is 0 Å². The number of rotatable bonds is 5. The van der Waals surface area contributed by atoms with Gasteiger partial charge in [0.1, 0.15) is 13.2 Å². The number of benzene rings is 6. The molecule has 2 aliphatic heterocycles. The Balaban J connectivity index is 1.23. The Hall–Kier alpha value is -5.68. The fraction of sp³-hybridized carbons (Fsp3) is 0.100. The first-order chi connectivity index (χ1) is 22.3. The van der Waals surface area contributed by atoms with Gasteiger partial charge in [0.15, 0.2) is 0 Å². The standard InChI is InChI=1S/C40H29N3O2/c1-2-10-33(11-3-1)43-37-25-29(27-7-5-9-32(24-27)40-42-19-21-45-40)13-16-35(37)36-17-14-30-22-28(12-15-34(30)38(36)43)26-6-4-8-31(23-26)39-41-18-20-44-39/h1-17,22-25H,18-21H2. The summed E-state index contributed by atoms with van der Waals surface area (Å²) < 4.78 is 13.9. The molecule has 0 aliphatic carbocycles. The number of ether oxygens (including phenoxy) is 2. The van der Waals surface area contributed by atoms with Gasteiger partial charge in [-0.15, -0.1) is 0 Å². The minimum Gasteiger partial charge on any atom is -0.476 e. The third-order valence-electron chi connectivity index (χ3n) is 8.81. The second-order valence-electron chi connectivity index (χ2n) is 11.5. The molecule has 5 nitrogen and oxygen atoms in total. The van der Waals surface area contributed by atoms with E-state index < -0.39 is 0 Å². The van der Waals surface area contributed by atoms with Crippen molar-refractivity contribution in [2.75, 3.05) is 26.3 Å². The zero-order valence-corrected chi connectivity index (χ0v) is 24.6. The molecule has 0 atom stereocenters. The van der Waals surface area contributed by atoms with Crippen molar-refractivity contribution in [3.05, 3.63) is 139 Å². The lowest BCUT2D eigenvalue weighted by Gasteiger charge is -2.12. The Bertz CT molecular complexity index is 2330. The summed E-state index contributed by atoms with van der Waals surface area (Å²) in [6, 6.07) is 45.8. The highest BCUT2D eigenvalue weighted by molar-refractivity contribution is 6.19. The third-order valence-corrected chi connectivity index (χ3v) is 8.81. The van der Waals surface area contributed by atoms with Crippen LogP contribution in [0.1, 0.15) is 11.1 Å². The van der Waals surface area contributed by atoms with Gasteiger partial charge in [-0.05, 0) is 76.2 Å². The molecule has 3 heterocycles. The second-order valence-corrected chi connectivity index (χ2v) is 11.5. The van der Waals surface area contributed by atoms with E-state index in [-0.39, 0.29) is 0 Å². The molecule has 0 bridgehead atoms. The fourth-order valence-electron chi connectivity index (χ4n) is 6.72. The smallest absolute Gasteiger partial charge is 0.216 e. The minimum atomic E-state index is 0.648. The van der Waals surface area contributed by atoms with Gasteiger partial charge in [-0.2, -0.15) is 0 Å². The van der Waals surface area contributed by atoms with E-state index in [9.17, 15) is 0 Å². The molecule has 9 rings (SSSR count). The molecule has 0 saturated carbocycles. The summed E-state index contributed by atoms with van der Waals surface area (Å²) in [6.45, 7) is 2.74. The van der Waals surface area contributed by atoms with E-state index in [1.54, 1.807) is 0 Å². The molecule has 5 heteroatoms. The second kappa shape index (κ2) is 10.5. The zero-order chi connectivity index (χ0) is 29.7. The van der Waals surface area contributed by atoms with Crippen LogP contribution in [-0.2, 0) is 9.47 Å². The van der Waals surface area contributed by atoms with Crippen LogP contribution in [0.25, 0.3) is 60.5 Å². The molecule has 7 aromatic rings. The van der Waals surface area contributed by atoms with Gasteiger partial charge >= 0.3 is 0 Å². The first-order valence-corrected chi connectivity index (χ1v) is 15.4. The Morgan fingerprint density at radius 1 is 0.467 bits per heavy atom. The summed E-state index contributed by atoms with van der Waals surface area (Å²) in [4.78, 5) is 9.04. The topological polar surface area (TPSA) is 48.1 Å². The predicted octanol–water partition coefficient (Wildman–Crippen LogP) is 8.82. The van der Waals surface area contributed by atoms with Crippen molar-refractivity contribution < 1.29 is 9.47 Å². The van der Waals surface area contributed by atoms with Gasteiger partial charge in [0, 0.05) is 33.0 Å². The number of aromatic nitrogens is 1. The molecule has 0 unspecified atom stereocenters. The number of hydrogen-bond donors (Lipinski definition) is 0. The molecular weight excluding hydrogens is 554 g/mol. The highest BCUT2D eigenvalue weighted by atomic mass is 16.5. The Morgan fingerprint density at radius 3 is 1.69 bits per heavy atom. The van der Waals surface area contributed by atoms with Crippen molar-refractivity contribution >= 4 is 44.4 Å². The molecule has 0 amide bonds. The lowest BCUT2D eigenvalue weighted by molar-refractivity contribution is 0.348. The molecule has 0 N–H and O–H groups in total. The van der Waals surface area contributed by atoms with E-state index in [0.29, 0.717) is 13.2 Å². The van der Waals surface area contributed by atoms with E-state index in [0.717, 1.165) is 58.4 Å². The molecule has 2 aliphatic rings. The Morgan fingerprint density at radius 2 is 1.04 bits per heavy atom. The molecule has 216 valence electrons. The van der Waals surface area contributed by atoms with E-state index in [4.69, 9.17) is 9.47 Å². The molecule has 0 spiro atoms. The highest BCUT2D eigenvalue weighted by Gasteiger charge is 2.18. The number of fused-ring (bicyclic) bond motifs is 5. The molecule has 45 heavy (non-hydrogen) atoms. The largest absolute Gasteiger partial charge is 0.476 e. The van der Waals surface area contributed by atoms with Crippen molar-refractivity contribution in [1.82, 2.24) is 4.57 Å². The summed E-state index contributed by atoms with van der Waals surface area (Å²) in [6.07, 6.45) is 0. The summed E-state index contributed by atoms with van der Waals surface area (Å²) in [5.74, 6) is 1.47. The van der Waals surface area contributed by atoms with E-state index >= 15 is 0 Å². The van der Waals surface area contributed by atoms with Crippen LogP contribution in [0.5, 0.6) is 0 Å². The van der Waals surface area contributed by atoms with Gasteiger partial charge in [-0.1, -0.05) is 78.9 Å². The highest BCUT2D eigenvalue weighted by Crippen LogP contribution is 2.39. The van der Waals surface area contributed by atoms with Gasteiger partial charge in [-0.3, -0.25) is 0 Å². The fourth-order valence-corrected chi connectivity index (χ4v) is 6.72. The molecule has 6 aromatic carbocycles. The zero-order valence-electron chi connectivity index (χ0n) is 24.6. The average Bonchev–Trinajstić information content (AvgIpc) is 3.90. The number of hydrogen-bond acceptors (Lipinski definition) is 4. The first-order valence-electron chi connectivity index (χ1n) is 15.4. The summed E-state index contributed by atoms with van der Waals surface area (Å²) >= 11 is 0. The minimum absolute atomic E-state index is 0.648. The first kappa shape index (κ1) is 25.8. The quantitative estimate of drug-likeness (QED) is 0.203. The van der Waals surface area contributed by atoms with Crippen LogP contribution in [0.15, 0.2) is 137 Å². The van der Waals surface area contributed by atoms with Crippen LogP contribution < -0.4 is 0 Å². The SMILES string of the molecule is c1ccc(-n2c3cc(-c4cccc(C5=NCCO5)c4)ccc3c3ccc4cc(-c5cccc(C6=NCCO6)c5)ccc4c32)cc1. The van der Waals surface area contributed by atoms with Gasteiger partial charge in [0.25, 0.3) is 0 Å². The maximum Gasteiger partial charge on any atom is 0.216 e. The van der Waals surface area contributed by atoms with Gasteiger partial charge in [0.2, 0.25) is 11.8 Å². The molecule has 0 fully saturated rings. The summed E-state index contributed by atoms with van der Waals surface area (Å²) in [5, 5.41) is 4.88. The van der Waals surface area contributed by atoms with Crippen LogP contribution in [0, 0.1) is 0 Å². The van der Waals surface area contributed by atoms with Crippen LogP contribution in [-0.4, -0.2) is 42.7 Å². The van der Waals surface area contributed by atoms with Gasteiger partial charge in [0.05, 0.1) is 24.1 Å². The average molecular weight is 584 g/mol. The van der Waals surface area contributed by atoms with Crippen LogP contribution in [0.3, 0.4) is 0 Å². The normalized spacial score (nSPS) is 14.5. The predicted molar refractivity (Wildman–Crippen MR) is 184 cm³/mol. The Kier molecular flexibility index (Phi) is 6.01. The molecule has 0 radical (unpaired) electrons. The number of nitrogens with zero attached hydrogens (tertiary/aromatic N) is 3. The third kappa shape index (κ3) is 4.39. The lowest BCUT2D eigenvalue weighted by Crippen LogP contribution is -2.00. The molecule has 0 saturated heterocycles. The lowest BCUT2D eigenvalue weighted by atomic mass is 9.98. The van der Waals surface area contributed by atoms with Crippen LogP contribution >= 0.6 is 0 Å². The van der Waals surface area contributed by atoms with Crippen molar-refractivity contribution in [2.24, 2.45) is 9.98 Å².